The van der Waals surface area contributed by atoms with Crippen LogP contribution in [0.5, 0.6) is 11.5 Å². The summed E-state index contributed by atoms with van der Waals surface area (Å²) in [5, 5.41) is 40.8. The number of nitrogens with zero attached hydrogens (tertiary/aromatic N) is 2. The minimum absolute atomic E-state index is 0.258. The molecule has 0 atom stereocenters. The molecular formula is C19H14N2O7. The quantitative estimate of drug-likeness (QED) is 0.465. The molecule has 0 aromatic heterocycles. The number of benzene rings is 2. The number of allylic oxidation sites excluding steroid dienone is 2. The number of nitro groups is 2. The summed E-state index contributed by atoms with van der Waals surface area (Å²) in [6.45, 7) is 0. The molecule has 0 unspecified atom stereocenters. The average molecular weight is 382 g/mol. The van der Waals surface area contributed by atoms with Gasteiger partial charge in [0.15, 0.2) is 17.3 Å². The van der Waals surface area contributed by atoms with Crippen LogP contribution in [-0.4, -0.2) is 25.8 Å². The molecule has 0 bridgehead atoms. The highest BCUT2D eigenvalue weighted by atomic mass is 16.6. The van der Waals surface area contributed by atoms with E-state index >= 15 is 0 Å². The number of hydrogen-bond acceptors (Lipinski definition) is 7. The molecule has 2 N–H and O–H groups in total. The summed E-state index contributed by atoms with van der Waals surface area (Å²) < 4.78 is 0. The zero-order valence-electron chi connectivity index (χ0n) is 14.4. The molecule has 9 nitrogen and oxygen atoms in total. The van der Waals surface area contributed by atoms with Crippen molar-refractivity contribution in [1.82, 2.24) is 0 Å². The fourth-order valence-corrected chi connectivity index (χ4v) is 2.93. The van der Waals surface area contributed by atoms with Crippen LogP contribution in [0.4, 0.5) is 11.4 Å². The van der Waals surface area contributed by atoms with E-state index in [1.807, 2.05) is 0 Å². The summed E-state index contributed by atoms with van der Waals surface area (Å²) in [5.74, 6) is -1.18. The fourth-order valence-electron chi connectivity index (χ4n) is 2.93. The van der Waals surface area contributed by atoms with Gasteiger partial charge in [-0.15, -0.1) is 0 Å². The van der Waals surface area contributed by atoms with Crippen LogP contribution in [0.25, 0.3) is 12.2 Å². The smallest absolute Gasteiger partial charge is 0.311 e. The van der Waals surface area contributed by atoms with Crippen LogP contribution in [-0.2, 0) is 4.79 Å². The highest BCUT2D eigenvalue weighted by Gasteiger charge is 2.24. The number of Topliss-reactive ketones (excluding diaryl/α,β-unsaturated/α-hetero) is 1. The van der Waals surface area contributed by atoms with E-state index in [9.17, 15) is 35.2 Å². The molecule has 142 valence electrons. The predicted molar refractivity (Wildman–Crippen MR) is 99.7 cm³/mol. The van der Waals surface area contributed by atoms with Gasteiger partial charge < -0.3 is 10.2 Å². The van der Waals surface area contributed by atoms with Crippen molar-refractivity contribution in [3.63, 3.8) is 0 Å². The summed E-state index contributed by atoms with van der Waals surface area (Å²) in [4.78, 5) is 33.0. The second-order valence-electron chi connectivity index (χ2n) is 6.18. The first kappa shape index (κ1) is 18.8. The van der Waals surface area contributed by atoms with Crippen LogP contribution < -0.4 is 0 Å². The van der Waals surface area contributed by atoms with Crippen molar-refractivity contribution in [2.75, 3.05) is 0 Å². The van der Waals surface area contributed by atoms with Gasteiger partial charge in [-0.25, -0.2) is 0 Å². The van der Waals surface area contributed by atoms with Crippen LogP contribution in [0.15, 0.2) is 47.5 Å². The second-order valence-corrected chi connectivity index (χ2v) is 6.18. The standard InChI is InChI=1S/C19H14N2O7/c22-17-5-1-11(9-15(17)20(25)26)7-13-3-4-14(19(13)24)8-12-2-6-18(23)16(10-12)21(27)28/h1-2,5-10,22-23H,3-4H2. The number of nitro benzene ring substituents is 2. The van der Waals surface area contributed by atoms with E-state index in [0.717, 1.165) is 0 Å². The lowest BCUT2D eigenvalue weighted by Gasteiger charge is -2.00. The molecule has 0 amide bonds. The van der Waals surface area contributed by atoms with E-state index in [4.69, 9.17) is 0 Å². The molecule has 1 fully saturated rings. The number of hydrogen-bond donors (Lipinski definition) is 2. The minimum Gasteiger partial charge on any atom is -0.502 e. The maximum Gasteiger partial charge on any atom is 0.311 e. The van der Waals surface area contributed by atoms with E-state index in [2.05, 4.69) is 0 Å². The first-order valence-corrected chi connectivity index (χ1v) is 8.17. The monoisotopic (exact) mass is 382 g/mol. The maximum atomic E-state index is 12.6. The first-order chi connectivity index (χ1) is 13.3. The van der Waals surface area contributed by atoms with Gasteiger partial charge in [-0.05, 0) is 48.3 Å². The summed E-state index contributed by atoms with van der Waals surface area (Å²) in [6, 6.07) is 7.68. The number of phenolic OH excluding ortho intramolecular Hbond substituents is 2. The summed E-state index contributed by atoms with van der Waals surface area (Å²) >= 11 is 0. The van der Waals surface area contributed by atoms with Crippen LogP contribution in [0.3, 0.4) is 0 Å². The number of carbonyl (C=O) groups excluding carboxylic acids is 1. The number of rotatable bonds is 4. The van der Waals surface area contributed by atoms with Gasteiger partial charge >= 0.3 is 11.4 Å². The Hall–Kier alpha value is -4.01. The van der Waals surface area contributed by atoms with Crippen molar-refractivity contribution in [3.05, 3.63) is 78.9 Å². The van der Waals surface area contributed by atoms with Crippen LogP contribution in [0, 0.1) is 20.2 Å². The Balaban J connectivity index is 1.89. The van der Waals surface area contributed by atoms with Gasteiger partial charge in [0.05, 0.1) is 9.85 Å². The first-order valence-electron chi connectivity index (χ1n) is 8.17. The molecule has 0 saturated heterocycles. The number of phenols is 2. The van der Waals surface area contributed by atoms with Gasteiger partial charge in [0, 0.05) is 23.3 Å². The second kappa shape index (κ2) is 7.31. The van der Waals surface area contributed by atoms with Gasteiger partial charge in [0.1, 0.15) is 0 Å². The molecule has 0 aliphatic heterocycles. The van der Waals surface area contributed by atoms with E-state index in [0.29, 0.717) is 35.1 Å². The zero-order valence-corrected chi connectivity index (χ0v) is 14.4. The van der Waals surface area contributed by atoms with Crippen molar-refractivity contribution < 1.29 is 24.9 Å². The van der Waals surface area contributed by atoms with Crippen LogP contribution >= 0.6 is 0 Å². The molecule has 0 heterocycles. The Morgan fingerprint density at radius 2 is 1.18 bits per heavy atom. The third-order valence-electron chi connectivity index (χ3n) is 4.32. The molecule has 1 aliphatic carbocycles. The van der Waals surface area contributed by atoms with Crippen molar-refractivity contribution in [2.45, 2.75) is 12.8 Å². The van der Waals surface area contributed by atoms with Gasteiger partial charge in [-0.2, -0.15) is 0 Å². The van der Waals surface area contributed by atoms with Crippen LogP contribution in [0.2, 0.25) is 0 Å². The Morgan fingerprint density at radius 1 is 0.786 bits per heavy atom. The Morgan fingerprint density at radius 3 is 1.54 bits per heavy atom. The van der Waals surface area contributed by atoms with Gasteiger partial charge in [0.2, 0.25) is 0 Å². The van der Waals surface area contributed by atoms with Gasteiger partial charge in [-0.3, -0.25) is 25.0 Å². The Labute approximate surface area is 158 Å². The average Bonchev–Trinajstić information content (AvgIpc) is 2.97. The highest BCUT2D eigenvalue weighted by molar-refractivity contribution is 6.15. The number of carbonyl (C=O) groups is 1. The highest BCUT2D eigenvalue weighted by Crippen LogP contribution is 2.33. The van der Waals surface area contributed by atoms with E-state index in [-0.39, 0.29) is 5.78 Å². The Bertz CT molecular complexity index is 986. The van der Waals surface area contributed by atoms with Crippen molar-refractivity contribution >= 4 is 29.3 Å². The lowest BCUT2D eigenvalue weighted by atomic mass is 10.1. The number of ketones is 1. The zero-order chi connectivity index (χ0) is 20.4. The topological polar surface area (TPSA) is 144 Å². The third kappa shape index (κ3) is 3.73. The maximum absolute atomic E-state index is 12.6. The van der Waals surface area contributed by atoms with Crippen molar-refractivity contribution in [2.24, 2.45) is 0 Å². The van der Waals surface area contributed by atoms with E-state index < -0.39 is 32.7 Å². The fraction of sp³-hybridized carbons (Fsp3) is 0.105. The molecule has 1 saturated carbocycles. The molecular weight excluding hydrogens is 368 g/mol. The molecule has 1 aliphatic rings. The molecule has 28 heavy (non-hydrogen) atoms. The van der Waals surface area contributed by atoms with Crippen molar-refractivity contribution in [3.8, 4) is 11.5 Å². The van der Waals surface area contributed by atoms with E-state index in [1.54, 1.807) is 0 Å². The summed E-state index contributed by atoms with van der Waals surface area (Å²) in [6.07, 6.45) is 3.88. The van der Waals surface area contributed by atoms with E-state index in [1.165, 1.54) is 48.6 Å². The SMILES string of the molecule is O=C1C(=Cc2ccc(O)c([N+](=O)[O-])c2)CCC1=Cc1ccc(O)c([N+](=O)[O-])c1. The largest absolute Gasteiger partial charge is 0.502 e. The van der Waals surface area contributed by atoms with Gasteiger partial charge in [0.25, 0.3) is 0 Å². The molecule has 3 rings (SSSR count). The van der Waals surface area contributed by atoms with Gasteiger partial charge in [-0.1, -0.05) is 12.1 Å². The summed E-state index contributed by atoms with van der Waals surface area (Å²) in [7, 11) is 0. The molecule has 2 aromatic rings. The molecule has 2 aromatic carbocycles. The normalized spacial score (nSPS) is 16.6. The Kier molecular flexibility index (Phi) is 4.90. The lowest BCUT2D eigenvalue weighted by Crippen LogP contribution is -1.96. The molecule has 9 heteroatoms. The third-order valence-corrected chi connectivity index (χ3v) is 4.32. The minimum atomic E-state index is -0.711. The molecule has 0 radical (unpaired) electrons. The van der Waals surface area contributed by atoms with Crippen LogP contribution in [0.1, 0.15) is 24.0 Å². The molecule has 0 spiro atoms. The lowest BCUT2D eigenvalue weighted by molar-refractivity contribution is -0.386. The van der Waals surface area contributed by atoms with Crippen molar-refractivity contribution in [1.29, 1.82) is 0 Å². The predicted octanol–water partition coefficient (Wildman–Crippen LogP) is 3.74. The number of aromatic hydroxyl groups is 2. The summed E-state index contributed by atoms with van der Waals surface area (Å²) in [5.41, 5.74) is 0.807.